The smallest absolute Gasteiger partial charge is 0.228 e. The molecule has 0 saturated carbocycles. The Balaban J connectivity index is 2.73. The number of rotatable bonds is 2. The van der Waals surface area contributed by atoms with Gasteiger partial charge in [-0.3, -0.25) is 0 Å². The third-order valence-corrected chi connectivity index (χ3v) is 4.12. The van der Waals surface area contributed by atoms with E-state index in [4.69, 9.17) is 16.3 Å². The minimum absolute atomic E-state index is 0.358. The highest BCUT2D eigenvalue weighted by molar-refractivity contribution is 7.90. The zero-order chi connectivity index (χ0) is 10.1. The number of hydrogen-bond acceptors (Lipinski definition) is 3. The average Bonchev–Trinajstić information content (AvgIpc) is 2.03. The first kappa shape index (κ1) is 11.2. The molecule has 1 fully saturated rings. The Kier molecular flexibility index (Phi) is 3.22. The molecule has 4 nitrogen and oxygen atoms in total. The van der Waals surface area contributed by atoms with E-state index in [-0.39, 0.29) is 5.21 Å². The van der Waals surface area contributed by atoms with E-state index in [2.05, 4.69) is 0 Å². The van der Waals surface area contributed by atoms with Crippen molar-refractivity contribution in [3.8, 4) is 0 Å². The lowest BCUT2D eigenvalue weighted by Crippen LogP contribution is -2.50. The van der Waals surface area contributed by atoms with Crippen molar-refractivity contribution in [3.05, 3.63) is 0 Å². The molecule has 1 heterocycles. The van der Waals surface area contributed by atoms with Crippen LogP contribution in [0.15, 0.2) is 0 Å². The molecule has 0 aromatic carbocycles. The number of hydrogen-bond donors (Lipinski definition) is 0. The predicted octanol–water partition coefficient (Wildman–Crippen LogP) is 0.623. The summed E-state index contributed by atoms with van der Waals surface area (Å²) in [6.45, 7) is 4.94. The van der Waals surface area contributed by atoms with Gasteiger partial charge in [-0.1, -0.05) is 0 Å². The largest absolute Gasteiger partial charge is 0.373 e. The van der Waals surface area contributed by atoms with E-state index in [1.165, 1.54) is 4.31 Å². The van der Waals surface area contributed by atoms with Gasteiger partial charge in [-0.2, -0.15) is 4.31 Å². The van der Waals surface area contributed by atoms with Crippen molar-refractivity contribution in [2.24, 2.45) is 0 Å². The predicted molar refractivity (Wildman–Crippen MR) is 51.2 cm³/mol. The second-order valence-electron chi connectivity index (χ2n) is 3.66. The van der Waals surface area contributed by atoms with Crippen molar-refractivity contribution >= 4 is 21.6 Å². The third-order valence-electron chi connectivity index (χ3n) is 1.92. The van der Waals surface area contributed by atoms with Gasteiger partial charge in [0.2, 0.25) is 10.0 Å². The minimum atomic E-state index is -3.27. The summed E-state index contributed by atoms with van der Waals surface area (Å²) in [5.74, 6) is 0. The van der Waals surface area contributed by atoms with Crippen molar-refractivity contribution < 1.29 is 13.2 Å². The highest BCUT2D eigenvalue weighted by Crippen LogP contribution is 2.19. The highest BCUT2D eigenvalue weighted by atomic mass is 35.5. The van der Waals surface area contributed by atoms with Gasteiger partial charge in [-0.15, -0.1) is 11.6 Å². The maximum absolute atomic E-state index is 11.4. The molecule has 0 bridgehead atoms. The molecule has 0 atom stereocenters. The van der Waals surface area contributed by atoms with Crippen LogP contribution in [0, 0.1) is 0 Å². The third kappa shape index (κ3) is 2.80. The first-order chi connectivity index (χ1) is 5.87. The van der Waals surface area contributed by atoms with Crippen LogP contribution < -0.4 is 0 Å². The van der Waals surface area contributed by atoms with Gasteiger partial charge in [0.15, 0.2) is 0 Å². The van der Waals surface area contributed by atoms with Gasteiger partial charge >= 0.3 is 0 Å². The Morgan fingerprint density at radius 3 is 2.62 bits per heavy atom. The molecule has 0 N–H and O–H groups in total. The van der Waals surface area contributed by atoms with Crippen LogP contribution in [0.3, 0.4) is 0 Å². The summed E-state index contributed by atoms with van der Waals surface area (Å²) < 4.78 is 29.5. The molecule has 0 aromatic rings. The van der Waals surface area contributed by atoms with E-state index < -0.39 is 15.6 Å². The summed E-state index contributed by atoms with van der Waals surface area (Å²) in [5.41, 5.74) is -0.405. The zero-order valence-electron chi connectivity index (χ0n) is 7.79. The Morgan fingerprint density at radius 1 is 1.54 bits per heavy atom. The molecule has 1 rings (SSSR count). The van der Waals surface area contributed by atoms with Crippen molar-refractivity contribution in [2.75, 3.05) is 24.9 Å². The summed E-state index contributed by atoms with van der Waals surface area (Å²) in [6.07, 6.45) is 0. The lowest BCUT2D eigenvalue weighted by molar-refractivity contribution is -0.0639. The van der Waals surface area contributed by atoms with Crippen LogP contribution in [-0.2, 0) is 14.8 Å². The van der Waals surface area contributed by atoms with Crippen LogP contribution in [-0.4, -0.2) is 43.2 Å². The van der Waals surface area contributed by atoms with Crippen LogP contribution >= 0.6 is 11.6 Å². The second kappa shape index (κ2) is 3.73. The van der Waals surface area contributed by atoms with Gasteiger partial charge < -0.3 is 4.74 Å². The monoisotopic (exact) mass is 227 g/mol. The number of ether oxygens (including phenoxy) is 1. The van der Waals surface area contributed by atoms with Crippen LogP contribution in [0.1, 0.15) is 13.8 Å². The minimum Gasteiger partial charge on any atom is -0.373 e. The molecule has 0 aliphatic carbocycles. The molecule has 78 valence electrons. The SMILES string of the molecule is CC1(C)CN(S(=O)(=O)CCl)CCO1. The summed E-state index contributed by atoms with van der Waals surface area (Å²) in [6, 6.07) is 0. The van der Waals surface area contributed by atoms with Crippen molar-refractivity contribution in [3.63, 3.8) is 0 Å². The fourth-order valence-corrected chi connectivity index (χ4v) is 2.69. The fourth-order valence-electron chi connectivity index (χ4n) is 1.28. The maximum Gasteiger partial charge on any atom is 0.228 e. The molecule has 0 amide bonds. The van der Waals surface area contributed by atoms with Crippen LogP contribution in [0.4, 0.5) is 0 Å². The number of morpholine rings is 1. The van der Waals surface area contributed by atoms with E-state index in [1.807, 2.05) is 13.8 Å². The normalized spacial score (nSPS) is 24.5. The van der Waals surface area contributed by atoms with Gasteiger partial charge in [0.05, 0.1) is 12.2 Å². The summed E-state index contributed by atoms with van der Waals surface area (Å²) >= 11 is 5.35. The average molecular weight is 228 g/mol. The Hall–Kier alpha value is 0.160. The lowest BCUT2D eigenvalue weighted by atomic mass is 10.1. The quantitative estimate of drug-likeness (QED) is 0.650. The molecule has 1 saturated heterocycles. The van der Waals surface area contributed by atoms with E-state index in [0.717, 1.165) is 0 Å². The van der Waals surface area contributed by atoms with Gasteiger partial charge in [0.1, 0.15) is 5.21 Å². The summed E-state index contributed by atoms with van der Waals surface area (Å²) in [7, 11) is -3.27. The van der Waals surface area contributed by atoms with Crippen LogP contribution in [0.5, 0.6) is 0 Å². The zero-order valence-corrected chi connectivity index (χ0v) is 9.36. The highest BCUT2D eigenvalue weighted by Gasteiger charge is 2.33. The lowest BCUT2D eigenvalue weighted by Gasteiger charge is -2.36. The molecule has 0 unspecified atom stereocenters. The number of halogens is 1. The summed E-state index contributed by atoms with van der Waals surface area (Å²) in [4.78, 5) is 0. The van der Waals surface area contributed by atoms with Gasteiger partial charge in [0, 0.05) is 13.1 Å². The standard InChI is InChI=1S/C7H14ClNO3S/c1-7(2)5-9(3-4-12-7)13(10,11)6-8/h3-6H2,1-2H3. The Bertz CT molecular complexity index is 275. The number of nitrogens with zero attached hydrogens (tertiary/aromatic N) is 1. The van der Waals surface area contributed by atoms with Crippen LogP contribution in [0.25, 0.3) is 0 Å². The second-order valence-corrected chi connectivity index (χ2v) is 6.22. The maximum atomic E-state index is 11.4. The van der Waals surface area contributed by atoms with Gasteiger partial charge in [-0.25, -0.2) is 8.42 Å². The van der Waals surface area contributed by atoms with E-state index in [0.29, 0.717) is 19.7 Å². The van der Waals surface area contributed by atoms with Gasteiger partial charge in [0.25, 0.3) is 0 Å². The van der Waals surface area contributed by atoms with E-state index >= 15 is 0 Å². The van der Waals surface area contributed by atoms with E-state index in [9.17, 15) is 8.42 Å². The molecule has 6 heteroatoms. The first-order valence-corrected chi connectivity index (χ1v) is 6.19. The Labute approximate surface area is 83.9 Å². The molecular weight excluding hydrogens is 214 g/mol. The van der Waals surface area contributed by atoms with Crippen molar-refractivity contribution in [1.29, 1.82) is 0 Å². The molecular formula is C7H14ClNO3S. The molecule has 0 radical (unpaired) electrons. The molecule has 0 aromatic heterocycles. The molecule has 13 heavy (non-hydrogen) atoms. The topological polar surface area (TPSA) is 46.6 Å². The Morgan fingerprint density at radius 2 is 2.15 bits per heavy atom. The van der Waals surface area contributed by atoms with E-state index in [1.54, 1.807) is 0 Å². The molecule has 1 aliphatic heterocycles. The fraction of sp³-hybridized carbons (Fsp3) is 1.00. The van der Waals surface area contributed by atoms with Crippen LogP contribution in [0.2, 0.25) is 0 Å². The van der Waals surface area contributed by atoms with Crippen molar-refractivity contribution in [1.82, 2.24) is 4.31 Å². The number of sulfonamides is 1. The van der Waals surface area contributed by atoms with Crippen molar-refractivity contribution in [2.45, 2.75) is 19.4 Å². The summed E-state index contributed by atoms with van der Waals surface area (Å²) in [5, 5.41) is -0.358. The van der Waals surface area contributed by atoms with Gasteiger partial charge in [-0.05, 0) is 13.8 Å². The number of alkyl halides is 1. The molecule has 0 spiro atoms. The first-order valence-electron chi connectivity index (χ1n) is 4.05. The molecule has 1 aliphatic rings.